The van der Waals surface area contributed by atoms with Crippen LogP contribution in [0.4, 0.5) is 0 Å². The number of rotatable bonds is 7. The van der Waals surface area contributed by atoms with Gasteiger partial charge in [0, 0.05) is 19.0 Å². The molecule has 0 saturated carbocycles. The van der Waals surface area contributed by atoms with Gasteiger partial charge in [-0.05, 0) is 24.3 Å². The molecule has 3 aromatic heterocycles. The first-order valence-electron chi connectivity index (χ1n) is 8.83. The molecule has 0 aliphatic heterocycles. The van der Waals surface area contributed by atoms with Gasteiger partial charge in [-0.1, -0.05) is 12.1 Å². The van der Waals surface area contributed by atoms with E-state index in [1.54, 1.807) is 36.5 Å². The molecule has 0 radical (unpaired) electrons. The number of para-hydroxylation sites is 1. The van der Waals surface area contributed by atoms with Gasteiger partial charge in [-0.25, -0.2) is 4.98 Å². The number of carbonyl (C=O) groups excluding carboxylic acids is 1. The van der Waals surface area contributed by atoms with Gasteiger partial charge >= 0.3 is 0 Å². The molecule has 8 nitrogen and oxygen atoms in total. The van der Waals surface area contributed by atoms with Crippen molar-refractivity contribution in [3.8, 4) is 0 Å². The van der Waals surface area contributed by atoms with E-state index >= 15 is 0 Å². The lowest BCUT2D eigenvalue weighted by atomic mass is 10.2. The van der Waals surface area contributed by atoms with Crippen molar-refractivity contribution in [3.05, 3.63) is 65.1 Å². The van der Waals surface area contributed by atoms with E-state index in [4.69, 9.17) is 13.6 Å². The normalized spacial score (nSPS) is 11.3. The van der Waals surface area contributed by atoms with E-state index in [-0.39, 0.29) is 23.6 Å². The van der Waals surface area contributed by atoms with Crippen molar-refractivity contribution in [3.63, 3.8) is 0 Å². The van der Waals surface area contributed by atoms with Crippen molar-refractivity contribution in [1.82, 2.24) is 14.5 Å². The standard InChI is InChI=1S/C20H19N3O5/c1-26-10-8-22(11-14-5-4-9-27-14)17(24)12-23-13-21-18-15-6-2-3-7-16(15)28-19(18)20(23)25/h2-7,9,13H,8,10-12H2,1H3. The van der Waals surface area contributed by atoms with E-state index < -0.39 is 0 Å². The summed E-state index contributed by atoms with van der Waals surface area (Å²) in [5.41, 5.74) is 0.840. The van der Waals surface area contributed by atoms with Crippen molar-refractivity contribution < 1.29 is 18.4 Å². The highest BCUT2D eigenvalue weighted by atomic mass is 16.5. The maximum absolute atomic E-state index is 12.8. The summed E-state index contributed by atoms with van der Waals surface area (Å²) < 4.78 is 17.3. The Morgan fingerprint density at radius 3 is 2.89 bits per heavy atom. The minimum Gasteiger partial charge on any atom is -0.467 e. The highest BCUT2D eigenvalue weighted by Crippen LogP contribution is 2.24. The third-order valence-corrected chi connectivity index (χ3v) is 4.50. The zero-order chi connectivity index (χ0) is 19.5. The molecular weight excluding hydrogens is 362 g/mol. The molecular formula is C20H19N3O5. The first-order valence-corrected chi connectivity index (χ1v) is 8.83. The molecule has 0 aliphatic carbocycles. The van der Waals surface area contributed by atoms with Crippen LogP contribution in [0.25, 0.3) is 22.1 Å². The van der Waals surface area contributed by atoms with Crippen molar-refractivity contribution in [2.75, 3.05) is 20.3 Å². The van der Waals surface area contributed by atoms with Crippen LogP contribution in [0.1, 0.15) is 5.76 Å². The van der Waals surface area contributed by atoms with Gasteiger partial charge in [0.2, 0.25) is 11.5 Å². The van der Waals surface area contributed by atoms with Crippen molar-refractivity contribution in [2.24, 2.45) is 0 Å². The predicted octanol–water partition coefficient (Wildman–Crippen LogP) is 2.41. The van der Waals surface area contributed by atoms with Crippen molar-refractivity contribution in [2.45, 2.75) is 13.1 Å². The number of carbonyl (C=O) groups is 1. The number of furan rings is 2. The van der Waals surface area contributed by atoms with Crippen LogP contribution in [-0.4, -0.2) is 40.6 Å². The predicted molar refractivity (Wildman–Crippen MR) is 102 cm³/mol. The number of methoxy groups -OCH3 is 1. The van der Waals surface area contributed by atoms with Crippen LogP contribution < -0.4 is 5.56 Å². The number of amides is 1. The molecule has 3 heterocycles. The molecule has 4 rings (SSSR count). The number of aromatic nitrogens is 2. The fraction of sp³-hybridized carbons (Fsp3) is 0.250. The van der Waals surface area contributed by atoms with E-state index in [0.29, 0.717) is 36.6 Å². The van der Waals surface area contributed by atoms with Crippen molar-refractivity contribution in [1.29, 1.82) is 0 Å². The molecule has 0 atom stereocenters. The Bertz CT molecular complexity index is 1160. The molecule has 1 aromatic carbocycles. The zero-order valence-corrected chi connectivity index (χ0v) is 15.3. The Labute approximate surface area is 159 Å². The van der Waals surface area contributed by atoms with Crippen LogP contribution in [-0.2, 0) is 22.6 Å². The summed E-state index contributed by atoms with van der Waals surface area (Å²) in [4.78, 5) is 31.5. The zero-order valence-electron chi connectivity index (χ0n) is 15.3. The fourth-order valence-electron chi connectivity index (χ4n) is 3.06. The van der Waals surface area contributed by atoms with Crippen LogP contribution in [0.3, 0.4) is 0 Å². The van der Waals surface area contributed by atoms with Gasteiger partial charge in [-0.15, -0.1) is 0 Å². The lowest BCUT2D eigenvalue weighted by Crippen LogP contribution is -2.38. The molecule has 0 spiro atoms. The average molecular weight is 381 g/mol. The van der Waals surface area contributed by atoms with Crippen LogP contribution >= 0.6 is 0 Å². The number of hydrogen-bond acceptors (Lipinski definition) is 6. The highest BCUT2D eigenvalue weighted by molar-refractivity contribution is 6.01. The van der Waals surface area contributed by atoms with E-state index in [9.17, 15) is 9.59 Å². The van der Waals surface area contributed by atoms with Crippen molar-refractivity contribution >= 4 is 28.0 Å². The Kier molecular flexibility index (Phi) is 4.94. The maximum atomic E-state index is 12.8. The molecule has 0 N–H and O–H groups in total. The fourth-order valence-corrected chi connectivity index (χ4v) is 3.06. The summed E-state index contributed by atoms with van der Waals surface area (Å²) in [5.74, 6) is 0.412. The van der Waals surface area contributed by atoms with Crippen LogP contribution in [0.5, 0.6) is 0 Å². The first-order chi connectivity index (χ1) is 13.7. The number of ether oxygens (including phenoxy) is 1. The molecule has 0 fully saturated rings. The van der Waals surface area contributed by atoms with E-state index in [1.807, 2.05) is 18.2 Å². The minimum atomic E-state index is -0.390. The second-order valence-corrected chi connectivity index (χ2v) is 6.34. The van der Waals surface area contributed by atoms with Crippen LogP contribution in [0.2, 0.25) is 0 Å². The second-order valence-electron chi connectivity index (χ2n) is 6.34. The molecule has 28 heavy (non-hydrogen) atoms. The quantitative estimate of drug-likeness (QED) is 0.488. The molecule has 8 heteroatoms. The van der Waals surface area contributed by atoms with Crippen LogP contribution in [0.15, 0.2) is 62.6 Å². The number of fused-ring (bicyclic) bond motifs is 3. The van der Waals surface area contributed by atoms with Gasteiger partial charge in [-0.3, -0.25) is 14.2 Å². The summed E-state index contributed by atoms with van der Waals surface area (Å²) in [6.07, 6.45) is 2.93. The molecule has 144 valence electrons. The summed E-state index contributed by atoms with van der Waals surface area (Å²) >= 11 is 0. The molecule has 1 amide bonds. The van der Waals surface area contributed by atoms with E-state index in [1.165, 1.54) is 10.9 Å². The third kappa shape index (κ3) is 3.41. The summed E-state index contributed by atoms with van der Waals surface area (Å²) in [6.45, 7) is 0.904. The second kappa shape index (κ2) is 7.69. The van der Waals surface area contributed by atoms with Gasteiger partial charge in [0.25, 0.3) is 5.56 Å². The Hall–Kier alpha value is -3.39. The largest absolute Gasteiger partial charge is 0.467 e. The molecule has 0 saturated heterocycles. The SMILES string of the molecule is COCCN(Cc1ccco1)C(=O)Cn1cnc2c(oc3ccccc32)c1=O. The number of nitrogens with zero attached hydrogens (tertiary/aromatic N) is 3. The Morgan fingerprint density at radius 2 is 2.11 bits per heavy atom. The smallest absolute Gasteiger partial charge is 0.297 e. The average Bonchev–Trinajstić information content (AvgIpc) is 3.35. The van der Waals surface area contributed by atoms with Gasteiger partial charge in [0.05, 0.1) is 25.7 Å². The summed E-state index contributed by atoms with van der Waals surface area (Å²) in [6, 6.07) is 10.9. The number of hydrogen-bond donors (Lipinski definition) is 0. The summed E-state index contributed by atoms with van der Waals surface area (Å²) in [5, 5.41) is 0.771. The topological polar surface area (TPSA) is 90.7 Å². The monoisotopic (exact) mass is 381 g/mol. The van der Waals surface area contributed by atoms with Gasteiger partial charge in [0.15, 0.2) is 0 Å². The maximum Gasteiger partial charge on any atom is 0.297 e. The molecule has 0 aliphatic rings. The van der Waals surface area contributed by atoms with Gasteiger partial charge in [0.1, 0.15) is 23.4 Å². The number of benzene rings is 1. The van der Waals surface area contributed by atoms with Gasteiger partial charge < -0.3 is 18.5 Å². The lowest BCUT2D eigenvalue weighted by molar-refractivity contribution is -0.133. The van der Waals surface area contributed by atoms with E-state index in [2.05, 4.69) is 4.98 Å². The lowest BCUT2D eigenvalue weighted by Gasteiger charge is -2.21. The van der Waals surface area contributed by atoms with Crippen LogP contribution in [0, 0.1) is 0 Å². The Balaban J connectivity index is 1.61. The Morgan fingerprint density at radius 1 is 1.25 bits per heavy atom. The highest BCUT2D eigenvalue weighted by Gasteiger charge is 2.19. The summed E-state index contributed by atoms with van der Waals surface area (Å²) in [7, 11) is 1.57. The van der Waals surface area contributed by atoms with Gasteiger partial charge in [-0.2, -0.15) is 0 Å². The third-order valence-electron chi connectivity index (χ3n) is 4.50. The minimum absolute atomic E-state index is 0.144. The first kappa shape index (κ1) is 18.0. The molecule has 0 bridgehead atoms. The molecule has 4 aromatic rings. The molecule has 0 unspecified atom stereocenters. The van der Waals surface area contributed by atoms with E-state index in [0.717, 1.165) is 5.39 Å².